The number of benzene rings is 3. The van der Waals surface area contributed by atoms with Crippen molar-refractivity contribution in [3.8, 4) is 22.6 Å². The number of carbonyl (C=O) groups excluding carboxylic acids is 2. The zero-order valence-electron chi connectivity index (χ0n) is 18.4. The summed E-state index contributed by atoms with van der Waals surface area (Å²) in [6.07, 6.45) is 2.01. The van der Waals surface area contributed by atoms with E-state index >= 15 is 0 Å². The number of para-hydroxylation sites is 1. The number of aromatic nitrogens is 1. The van der Waals surface area contributed by atoms with E-state index in [1.807, 2.05) is 60.7 Å². The van der Waals surface area contributed by atoms with E-state index in [-0.39, 0.29) is 23.6 Å². The lowest BCUT2D eigenvalue weighted by atomic mass is 10.1. The quantitative estimate of drug-likeness (QED) is 0.327. The second-order valence-corrected chi connectivity index (χ2v) is 8.95. The minimum atomic E-state index is -0.239. The largest absolute Gasteiger partial charge is 0.431 e. The van der Waals surface area contributed by atoms with Crippen molar-refractivity contribution >= 4 is 29.3 Å². The Labute approximate surface area is 201 Å². The van der Waals surface area contributed by atoms with E-state index in [0.717, 1.165) is 29.7 Å². The molecule has 0 atom stereocenters. The van der Waals surface area contributed by atoms with Crippen molar-refractivity contribution in [3.63, 3.8) is 0 Å². The molecule has 0 aliphatic heterocycles. The first-order chi connectivity index (χ1) is 16.7. The van der Waals surface area contributed by atoms with Gasteiger partial charge in [-0.1, -0.05) is 84.6 Å². The van der Waals surface area contributed by atoms with E-state index in [1.54, 1.807) is 24.3 Å². The first kappa shape index (κ1) is 22.0. The third-order valence-corrected chi connectivity index (χ3v) is 6.20. The molecule has 1 heterocycles. The second-order valence-electron chi connectivity index (χ2n) is 8.02. The van der Waals surface area contributed by atoms with E-state index < -0.39 is 0 Å². The molecule has 0 saturated heterocycles. The number of rotatable bonds is 8. The molecule has 170 valence electrons. The molecule has 0 unspecified atom stereocenters. The highest BCUT2D eigenvalue weighted by molar-refractivity contribution is 7.99. The number of hydrogen-bond donors (Lipinski definition) is 2. The van der Waals surface area contributed by atoms with E-state index in [2.05, 4.69) is 15.6 Å². The van der Waals surface area contributed by atoms with Crippen molar-refractivity contribution < 1.29 is 14.0 Å². The maximum Gasteiger partial charge on any atom is 0.257 e. The Morgan fingerprint density at radius 2 is 1.53 bits per heavy atom. The van der Waals surface area contributed by atoms with Gasteiger partial charge >= 0.3 is 0 Å². The van der Waals surface area contributed by atoms with Gasteiger partial charge in [0.2, 0.25) is 5.91 Å². The predicted molar refractivity (Wildman–Crippen MR) is 134 cm³/mol. The van der Waals surface area contributed by atoms with Crippen molar-refractivity contribution in [2.24, 2.45) is 0 Å². The molecular weight excluding hydrogens is 446 g/mol. The third kappa shape index (κ3) is 5.21. The molecule has 2 amide bonds. The van der Waals surface area contributed by atoms with Gasteiger partial charge in [0.05, 0.1) is 17.0 Å². The van der Waals surface area contributed by atoms with E-state index in [1.165, 1.54) is 11.8 Å². The van der Waals surface area contributed by atoms with Crippen LogP contribution < -0.4 is 10.6 Å². The zero-order chi connectivity index (χ0) is 23.3. The Kier molecular flexibility index (Phi) is 6.44. The Morgan fingerprint density at radius 3 is 2.24 bits per heavy atom. The highest BCUT2D eigenvalue weighted by Crippen LogP contribution is 2.35. The second kappa shape index (κ2) is 9.97. The molecule has 2 N–H and O–H groups in total. The van der Waals surface area contributed by atoms with Gasteiger partial charge in [-0.05, 0) is 25.0 Å². The minimum absolute atomic E-state index is 0.0988. The predicted octanol–water partition coefficient (Wildman–Crippen LogP) is 5.63. The lowest BCUT2D eigenvalue weighted by molar-refractivity contribution is -0.113. The van der Waals surface area contributed by atoms with Crippen LogP contribution in [0.2, 0.25) is 0 Å². The SMILES string of the molecule is O=C(CSc1nc(-c2ccccc2)c(-c2ccccc2)o1)Nc1ccccc1C(=O)NC1CC1. The standard InChI is InChI=1S/C27H23N3O3S/c31-23(29-22-14-8-7-13-21(22)26(32)28-20-15-16-20)17-34-27-30-24(18-9-3-1-4-10-18)25(33-27)19-11-5-2-6-12-19/h1-14,20H,15-17H2,(H,28,32)(H,29,31). The van der Waals surface area contributed by atoms with Crippen LogP contribution in [-0.2, 0) is 4.79 Å². The van der Waals surface area contributed by atoms with Gasteiger partial charge in [-0.3, -0.25) is 9.59 Å². The number of hydrogen-bond acceptors (Lipinski definition) is 5. The number of oxazole rings is 1. The molecule has 6 nitrogen and oxygen atoms in total. The molecule has 1 saturated carbocycles. The topological polar surface area (TPSA) is 84.2 Å². The fraction of sp³-hybridized carbons (Fsp3) is 0.148. The summed E-state index contributed by atoms with van der Waals surface area (Å²) in [5.41, 5.74) is 3.55. The maximum absolute atomic E-state index is 12.7. The Hall–Kier alpha value is -3.84. The van der Waals surface area contributed by atoms with Crippen molar-refractivity contribution in [1.82, 2.24) is 10.3 Å². The summed E-state index contributed by atoms with van der Waals surface area (Å²) in [7, 11) is 0. The van der Waals surface area contributed by atoms with Gasteiger partial charge in [0.1, 0.15) is 5.69 Å². The highest BCUT2D eigenvalue weighted by Gasteiger charge is 2.25. The monoisotopic (exact) mass is 469 g/mol. The fourth-order valence-electron chi connectivity index (χ4n) is 3.53. The molecule has 5 rings (SSSR count). The normalized spacial score (nSPS) is 12.8. The van der Waals surface area contributed by atoms with Gasteiger partial charge in [-0.15, -0.1) is 0 Å². The summed E-state index contributed by atoms with van der Waals surface area (Å²) in [6, 6.07) is 26.9. The van der Waals surface area contributed by atoms with Crippen LogP contribution in [-0.4, -0.2) is 28.6 Å². The average Bonchev–Trinajstić information content (AvgIpc) is 3.59. The Bertz CT molecular complexity index is 1240. The van der Waals surface area contributed by atoms with Crippen molar-refractivity contribution in [3.05, 3.63) is 90.5 Å². The summed E-state index contributed by atoms with van der Waals surface area (Å²) in [5.74, 6) is 0.356. The molecule has 0 spiro atoms. The molecular formula is C27H23N3O3S. The van der Waals surface area contributed by atoms with Crippen LogP contribution in [0.15, 0.2) is 94.6 Å². The summed E-state index contributed by atoms with van der Waals surface area (Å²) in [4.78, 5) is 29.9. The molecule has 3 aromatic carbocycles. The molecule has 1 fully saturated rings. The smallest absolute Gasteiger partial charge is 0.257 e. The van der Waals surface area contributed by atoms with Gasteiger partial charge in [0.15, 0.2) is 5.76 Å². The minimum Gasteiger partial charge on any atom is -0.431 e. The van der Waals surface area contributed by atoms with Crippen LogP contribution in [0.3, 0.4) is 0 Å². The summed E-state index contributed by atoms with van der Waals surface area (Å²) >= 11 is 1.22. The van der Waals surface area contributed by atoms with Gasteiger partial charge in [-0.2, -0.15) is 0 Å². The van der Waals surface area contributed by atoms with Crippen LogP contribution in [0.1, 0.15) is 23.2 Å². The van der Waals surface area contributed by atoms with Gasteiger partial charge in [0, 0.05) is 17.2 Å². The van der Waals surface area contributed by atoms with E-state index in [9.17, 15) is 9.59 Å². The average molecular weight is 470 g/mol. The molecule has 34 heavy (non-hydrogen) atoms. The number of anilines is 1. The van der Waals surface area contributed by atoms with E-state index in [4.69, 9.17) is 4.42 Å². The van der Waals surface area contributed by atoms with Crippen LogP contribution in [0.25, 0.3) is 22.6 Å². The summed E-state index contributed by atoms with van der Waals surface area (Å²) in [5, 5.41) is 6.22. The number of thioether (sulfide) groups is 1. The Balaban J connectivity index is 1.31. The van der Waals surface area contributed by atoms with Gasteiger partial charge in [0.25, 0.3) is 11.1 Å². The number of amides is 2. The summed E-state index contributed by atoms with van der Waals surface area (Å²) < 4.78 is 6.08. The van der Waals surface area contributed by atoms with Gasteiger partial charge < -0.3 is 15.1 Å². The molecule has 1 aromatic heterocycles. The van der Waals surface area contributed by atoms with Crippen LogP contribution in [0.5, 0.6) is 0 Å². The molecule has 0 radical (unpaired) electrons. The maximum atomic E-state index is 12.7. The first-order valence-corrected chi connectivity index (χ1v) is 12.1. The highest BCUT2D eigenvalue weighted by atomic mass is 32.2. The number of nitrogens with zero attached hydrogens (tertiary/aromatic N) is 1. The van der Waals surface area contributed by atoms with Crippen LogP contribution in [0.4, 0.5) is 5.69 Å². The van der Waals surface area contributed by atoms with Crippen LogP contribution >= 0.6 is 11.8 Å². The van der Waals surface area contributed by atoms with Crippen molar-refractivity contribution in [1.29, 1.82) is 0 Å². The lowest BCUT2D eigenvalue weighted by Crippen LogP contribution is -2.27. The van der Waals surface area contributed by atoms with Crippen molar-refractivity contribution in [2.45, 2.75) is 24.1 Å². The number of nitrogens with one attached hydrogen (secondary N) is 2. The number of carbonyl (C=O) groups is 2. The lowest BCUT2D eigenvalue weighted by Gasteiger charge is -2.10. The molecule has 1 aliphatic carbocycles. The zero-order valence-corrected chi connectivity index (χ0v) is 19.2. The van der Waals surface area contributed by atoms with Crippen LogP contribution in [0, 0.1) is 0 Å². The van der Waals surface area contributed by atoms with E-state index in [0.29, 0.717) is 22.2 Å². The Morgan fingerprint density at radius 1 is 0.882 bits per heavy atom. The molecule has 0 bridgehead atoms. The first-order valence-electron chi connectivity index (χ1n) is 11.1. The van der Waals surface area contributed by atoms with Gasteiger partial charge in [-0.25, -0.2) is 4.98 Å². The van der Waals surface area contributed by atoms with Crippen molar-refractivity contribution in [2.75, 3.05) is 11.1 Å². The third-order valence-electron chi connectivity index (χ3n) is 5.38. The fourth-order valence-corrected chi connectivity index (χ4v) is 4.16. The molecule has 7 heteroatoms. The molecule has 4 aromatic rings. The molecule has 1 aliphatic rings. The summed E-state index contributed by atoms with van der Waals surface area (Å²) in [6.45, 7) is 0.